The smallest absolute Gasteiger partial charge is 0.0194 e. The van der Waals surface area contributed by atoms with Crippen molar-refractivity contribution in [2.75, 3.05) is 0 Å². The highest BCUT2D eigenvalue weighted by molar-refractivity contribution is 5.21. The highest BCUT2D eigenvalue weighted by Gasteiger charge is 2.22. The van der Waals surface area contributed by atoms with Crippen LogP contribution in [0.4, 0.5) is 0 Å². The molecule has 0 aromatic carbocycles. The van der Waals surface area contributed by atoms with Gasteiger partial charge in [-0.25, -0.2) is 0 Å². The summed E-state index contributed by atoms with van der Waals surface area (Å²) in [6.45, 7) is 5.99. The molecule has 1 aliphatic carbocycles. The first-order valence-electron chi connectivity index (χ1n) is 5.29. The largest absolute Gasteiger partial charge is 0.103 e. The van der Waals surface area contributed by atoms with Crippen LogP contribution in [-0.4, -0.2) is 0 Å². The van der Waals surface area contributed by atoms with E-state index in [4.69, 9.17) is 0 Å². The van der Waals surface area contributed by atoms with Gasteiger partial charge in [-0.2, -0.15) is 0 Å². The van der Waals surface area contributed by atoms with E-state index in [2.05, 4.69) is 31.7 Å². The Kier molecular flexibility index (Phi) is 4.59. The minimum Gasteiger partial charge on any atom is -0.103 e. The summed E-state index contributed by atoms with van der Waals surface area (Å²) >= 11 is 0. The van der Waals surface area contributed by atoms with Gasteiger partial charge in [-0.15, -0.1) is 6.58 Å². The maximum Gasteiger partial charge on any atom is -0.0194 e. The third-order valence-corrected chi connectivity index (χ3v) is 2.46. The molecular formula is C13H20. The molecule has 1 aliphatic rings. The molecule has 0 nitrogen and oxygen atoms in total. The number of allylic oxidation sites excluding steroid dienone is 5. The van der Waals surface area contributed by atoms with Crippen LogP contribution in [0.2, 0.25) is 0 Å². The van der Waals surface area contributed by atoms with E-state index in [1.165, 1.54) is 19.3 Å². The number of rotatable bonds is 6. The molecule has 0 N–H and O–H groups in total. The second-order valence-corrected chi connectivity index (χ2v) is 3.80. The normalized spacial score (nSPS) is 24.1. The lowest BCUT2D eigenvalue weighted by atomic mass is 10.2. The van der Waals surface area contributed by atoms with Crippen molar-refractivity contribution >= 4 is 0 Å². The van der Waals surface area contributed by atoms with E-state index in [1.54, 1.807) is 5.57 Å². The van der Waals surface area contributed by atoms with E-state index in [0.717, 1.165) is 18.8 Å². The van der Waals surface area contributed by atoms with Crippen LogP contribution in [0.5, 0.6) is 0 Å². The molecule has 72 valence electrons. The Morgan fingerprint density at radius 2 is 1.85 bits per heavy atom. The van der Waals surface area contributed by atoms with Crippen LogP contribution in [0.1, 0.15) is 39.0 Å². The van der Waals surface area contributed by atoms with Gasteiger partial charge in [0.05, 0.1) is 0 Å². The molecule has 0 spiro atoms. The van der Waals surface area contributed by atoms with E-state index in [9.17, 15) is 0 Å². The van der Waals surface area contributed by atoms with Crippen molar-refractivity contribution in [1.29, 1.82) is 0 Å². The summed E-state index contributed by atoms with van der Waals surface area (Å²) in [7, 11) is 0. The second kappa shape index (κ2) is 5.80. The fourth-order valence-corrected chi connectivity index (χ4v) is 1.39. The molecule has 1 unspecified atom stereocenters. The van der Waals surface area contributed by atoms with Crippen LogP contribution in [-0.2, 0) is 0 Å². The summed E-state index contributed by atoms with van der Waals surface area (Å²) in [6.07, 6.45) is 15.0. The third-order valence-electron chi connectivity index (χ3n) is 2.46. The Balaban J connectivity index is 1.94. The van der Waals surface area contributed by atoms with Gasteiger partial charge < -0.3 is 0 Å². The molecule has 0 bridgehead atoms. The Labute approximate surface area is 82.0 Å². The Hall–Kier alpha value is -0.780. The van der Waals surface area contributed by atoms with Gasteiger partial charge >= 0.3 is 0 Å². The van der Waals surface area contributed by atoms with Crippen LogP contribution in [0.25, 0.3) is 0 Å². The topological polar surface area (TPSA) is 0 Å². The Bertz CT molecular complexity index is 208. The highest BCUT2D eigenvalue weighted by Crippen LogP contribution is 2.36. The molecule has 0 amide bonds. The lowest BCUT2D eigenvalue weighted by Gasteiger charge is -1.87. The van der Waals surface area contributed by atoms with Gasteiger partial charge in [0.25, 0.3) is 0 Å². The van der Waals surface area contributed by atoms with E-state index in [1.807, 2.05) is 6.08 Å². The number of hydrogen-bond donors (Lipinski definition) is 0. The van der Waals surface area contributed by atoms with Crippen LogP contribution in [0.3, 0.4) is 0 Å². The predicted molar refractivity (Wildman–Crippen MR) is 59.7 cm³/mol. The number of unbranched alkanes of at least 4 members (excludes halogenated alkanes) is 2. The van der Waals surface area contributed by atoms with Gasteiger partial charge in [0.2, 0.25) is 0 Å². The molecule has 0 heterocycles. The van der Waals surface area contributed by atoms with Crippen molar-refractivity contribution in [1.82, 2.24) is 0 Å². The van der Waals surface area contributed by atoms with Crippen molar-refractivity contribution in [3.63, 3.8) is 0 Å². The van der Waals surface area contributed by atoms with Crippen LogP contribution < -0.4 is 0 Å². The molecule has 1 atom stereocenters. The fourth-order valence-electron chi connectivity index (χ4n) is 1.39. The quantitative estimate of drug-likeness (QED) is 0.419. The molecular weight excluding hydrogens is 156 g/mol. The zero-order valence-corrected chi connectivity index (χ0v) is 8.63. The first-order valence-corrected chi connectivity index (χ1v) is 5.29. The predicted octanol–water partition coefficient (Wildman–Crippen LogP) is 4.26. The summed E-state index contributed by atoms with van der Waals surface area (Å²) in [4.78, 5) is 0. The van der Waals surface area contributed by atoms with E-state index in [-0.39, 0.29) is 0 Å². The first-order chi connectivity index (χ1) is 6.34. The Morgan fingerprint density at radius 3 is 2.38 bits per heavy atom. The van der Waals surface area contributed by atoms with Gasteiger partial charge in [0.1, 0.15) is 0 Å². The van der Waals surface area contributed by atoms with Gasteiger partial charge in [0, 0.05) is 0 Å². The molecule has 0 aromatic heterocycles. The number of hydrogen-bond acceptors (Lipinski definition) is 0. The summed E-state index contributed by atoms with van der Waals surface area (Å²) in [5.74, 6) is 0.893. The zero-order valence-electron chi connectivity index (χ0n) is 8.63. The Morgan fingerprint density at radius 1 is 1.23 bits per heavy atom. The molecule has 0 saturated heterocycles. The summed E-state index contributed by atoms with van der Waals surface area (Å²) < 4.78 is 0. The minimum atomic E-state index is 0.893. The average Bonchev–Trinajstić information content (AvgIpc) is 2.81. The van der Waals surface area contributed by atoms with Gasteiger partial charge in [-0.05, 0) is 38.0 Å². The van der Waals surface area contributed by atoms with Gasteiger partial charge in [-0.3, -0.25) is 0 Å². The summed E-state index contributed by atoms with van der Waals surface area (Å²) in [5.41, 5.74) is 1.67. The monoisotopic (exact) mass is 176 g/mol. The molecule has 0 aliphatic heterocycles. The van der Waals surface area contributed by atoms with Crippen molar-refractivity contribution < 1.29 is 0 Å². The molecule has 1 rings (SSSR count). The maximum atomic E-state index is 3.69. The van der Waals surface area contributed by atoms with E-state index >= 15 is 0 Å². The van der Waals surface area contributed by atoms with E-state index < -0.39 is 0 Å². The molecule has 13 heavy (non-hydrogen) atoms. The van der Waals surface area contributed by atoms with Crippen molar-refractivity contribution in [2.45, 2.75) is 39.0 Å². The van der Waals surface area contributed by atoms with Crippen molar-refractivity contribution in [3.05, 3.63) is 36.5 Å². The fraction of sp³-hybridized carbons (Fsp3) is 0.538. The molecule has 1 saturated carbocycles. The minimum absolute atomic E-state index is 0.893. The zero-order chi connectivity index (χ0) is 9.52. The van der Waals surface area contributed by atoms with Crippen LogP contribution in [0.15, 0.2) is 36.5 Å². The molecule has 0 aromatic rings. The van der Waals surface area contributed by atoms with Gasteiger partial charge in [0.15, 0.2) is 0 Å². The van der Waals surface area contributed by atoms with Gasteiger partial charge in [-0.1, -0.05) is 36.8 Å². The summed E-state index contributed by atoms with van der Waals surface area (Å²) in [6, 6.07) is 0. The first kappa shape index (κ1) is 10.3. The van der Waals surface area contributed by atoms with Crippen LogP contribution >= 0.6 is 0 Å². The van der Waals surface area contributed by atoms with Crippen molar-refractivity contribution in [3.8, 4) is 0 Å². The second-order valence-electron chi connectivity index (χ2n) is 3.80. The molecule has 0 radical (unpaired) electrons. The lowest BCUT2D eigenvalue weighted by molar-refractivity contribution is 0.990. The highest BCUT2D eigenvalue weighted by atomic mass is 14.3. The van der Waals surface area contributed by atoms with Crippen molar-refractivity contribution in [2.24, 2.45) is 5.92 Å². The molecule has 1 fully saturated rings. The van der Waals surface area contributed by atoms with Crippen LogP contribution in [0, 0.1) is 5.92 Å². The lowest BCUT2D eigenvalue weighted by Crippen LogP contribution is -1.67. The van der Waals surface area contributed by atoms with E-state index in [0.29, 0.717) is 0 Å². The maximum absolute atomic E-state index is 3.69. The standard InChI is InChI=1S/C13H20/c1-3-4-5-6-7-8-9-10-13-11-12(13)2/h3,6-7,10,12H,1,4-5,8-9,11H2,2H3. The third kappa shape index (κ3) is 4.72. The SMILES string of the molecule is C=CCCC=CCCC=C1CC1C. The molecule has 0 heteroatoms. The average molecular weight is 176 g/mol. The summed E-state index contributed by atoms with van der Waals surface area (Å²) in [5, 5.41) is 0.